The second-order valence-corrected chi connectivity index (χ2v) is 5.61. The van der Waals surface area contributed by atoms with Crippen LogP contribution in [-0.2, 0) is 19.0 Å². The average molecular weight is 305 g/mol. The third-order valence-corrected chi connectivity index (χ3v) is 3.10. The minimum absolute atomic E-state index is 0.145. The smallest absolute Gasteiger partial charge is 0.323 e. The summed E-state index contributed by atoms with van der Waals surface area (Å²) in [5.74, 6) is -0.802. The van der Waals surface area contributed by atoms with E-state index in [1.54, 1.807) is 14.0 Å². The molecule has 0 aromatic heterocycles. The fourth-order valence-electron chi connectivity index (χ4n) is 2.02. The molecule has 0 fully saturated rings. The molecular formula is C15H31NO5. The van der Waals surface area contributed by atoms with Crippen LogP contribution in [0.3, 0.4) is 0 Å². The molecule has 0 aromatic rings. The van der Waals surface area contributed by atoms with Crippen LogP contribution in [0, 0.1) is 0 Å². The second kappa shape index (κ2) is 11.9. The van der Waals surface area contributed by atoms with Gasteiger partial charge in [0.05, 0.1) is 26.4 Å². The number of carbonyl (C=O) groups is 1. The van der Waals surface area contributed by atoms with E-state index < -0.39 is 11.5 Å². The lowest BCUT2D eigenvalue weighted by Crippen LogP contribution is -2.52. The number of carboxylic acids is 1. The molecular weight excluding hydrogens is 274 g/mol. The SMILES string of the molecule is COCCOCCOCCCCC(C)(NC(C)C)C(=O)O. The highest BCUT2D eigenvalue weighted by Crippen LogP contribution is 2.15. The number of ether oxygens (including phenoxy) is 3. The summed E-state index contributed by atoms with van der Waals surface area (Å²) in [4.78, 5) is 11.3. The van der Waals surface area contributed by atoms with Crippen LogP contribution in [-0.4, -0.2) is 62.8 Å². The first-order valence-corrected chi connectivity index (χ1v) is 7.58. The standard InChI is InChI=1S/C15H31NO5/c1-13(2)16-15(3,14(17)18)7-5-6-8-20-11-12-21-10-9-19-4/h13,16H,5-12H2,1-4H3,(H,17,18). The first-order chi connectivity index (χ1) is 9.92. The third kappa shape index (κ3) is 10.6. The Morgan fingerprint density at radius 3 is 2.19 bits per heavy atom. The normalized spacial score (nSPS) is 14.3. The van der Waals surface area contributed by atoms with E-state index in [1.807, 2.05) is 13.8 Å². The second-order valence-electron chi connectivity index (χ2n) is 5.61. The zero-order chi connectivity index (χ0) is 16.1. The monoisotopic (exact) mass is 305 g/mol. The van der Waals surface area contributed by atoms with E-state index in [9.17, 15) is 9.90 Å². The molecule has 0 radical (unpaired) electrons. The van der Waals surface area contributed by atoms with Gasteiger partial charge in [0.15, 0.2) is 0 Å². The Kier molecular flexibility index (Phi) is 11.5. The highest BCUT2D eigenvalue weighted by molar-refractivity contribution is 5.78. The van der Waals surface area contributed by atoms with Crippen molar-refractivity contribution >= 4 is 5.97 Å². The maximum Gasteiger partial charge on any atom is 0.323 e. The molecule has 0 heterocycles. The quantitative estimate of drug-likeness (QED) is 0.476. The molecule has 1 unspecified atom stereocenters. The summed E-state index contributed by atoms with van der Waals surface area (Å²) in [6.45, 7) is 8.57. The van der Waals surface area contributed by atoms with Gasteiger partial charge in [-0.25, -0.2) is 0 Å². The van der Waals surface area contributed by atoms with Crippen molar-refractivity contribution in [1.29, 1.82) is 0 Å². The first-order valence-electron chi connectivity index (χ1n) is 7.58. The van der Waals surface area contributed by atoms with E-state index in [2.05, 4.69) is 5.32 Å². The van der Waals surface area contributed by atoms with Gasteiger partial charge < -0.3 is 19.3 Å². The molecule has 6 nitrogen and oxygen atoms in total. The van der Waals surface area contributed by atoms with Crippen molar-refractivity contribution in [3.05, 3.63) is 0 Å². The molecule has 0 aliphatic rings. The van der Waals surface area contributed by atoms with Gasteiger partial charge in [-0.15, -0.1) is 0 Å². The molecule has 6 heteroatoms. The van der Waals surface area contributed by atoms with Gasteiger partial charge in [0.1, 0.15) is 5.54 Å². The molecule has 0 spiro atoms. The highest BCUT2D eigenvalue weighted by atomic mass is 16.5. The van der Waals surface area contributed by atoms with Crippen molar-refractivity contribution in [1.82, 2.24) is 5.32 Å². The van der Waals surface area contributed by atoms with Crippen LogP contribution >= 0.6 is 0 Å². The minimum atomic E-state index is -0.864. The Bertz CT molecular complexity index is 273. The van der Waals surface area contributed by atoms with E-state index >= 15 is 0 Å². The number of unbranched alkanes of at least 4 members (excludes halogenated alkanes) is 1. The Morgan fingerprint density at radius 2 is 1.67 bits per heavy atom. The van der Waals surface area contributed by atoms with E-state index in [4.69, 9.17) is 14.2 Å². The molecule has 21 heavy (non-hydrogen) atoms. The van der Waals surface area contributed by atoms with Crippen molar-refractivity contribution < 1.29 is 24.1 Å². The Balaban J connectivity index is 3.61. The number of hydrogen-bond donors (Lipinski definition) is 2. The summed E-state index contributed by atoms with van der Waals surface area (Å²) < 4.78 is 15.6. The summed E-state index contributed by atoms with van der Waals surface area (Å²) >= 11 is 0. The number of rotatable bonds is 14. The largest absolute Gasteiger partial charge is 0.480 e. The summed E-state index contributed by atoms with van der Waals surface area (Å²) in [7, 11) is 1.64. The van der Waals surface area contributed by atoms with E-state index in [0.717, 1.165) is 12.8 Å². The summed E-state index contributed by atoms with van der Waals surface area (Å²) in [5.41, 5.74) is -0.864. The Morgan fingerprint density at radius 1 is 1.10 bits per heavy atom. The lowest BCUT2D eigenvalue weighted by molar-refractivity contribution is -0.144. The van der Waals surface area contributed by atoms with Crippen LogP contribution in [0.4, 0.5) is 0 Å². The van der Waals surface area contributed by atoms with Gasteiger partial charge in [0.2, 0.25) is 0 Å². The van der Waals surface area contributed by atoms with Crippen molar-refractivity contribution in [3.8, 4) is 0 Å². The van der Waals surface area contributed by atoms with Gasteiger partial charge in [0, 0.05) is 19.8 Å². The topological polar surface area (TPSA) is 77.0 Å². The lowest BCUT2D eigenvalue weighted by Gasteiger charge is -2.28. The molecule has 0 aliphatic carbocycles. The van der Waals surface area contributed by atoms with Gasteiger partial charge in [0.25, 0.3) is 0 Å². The van der Waals surface area contributed by atoms with E-state index in [0.29, 0.717) is 39.5 Å². The van der Waals surface area contributed by atoms with E-state index in [-0.39, 0.29) is 6.04 Å². The van der Waals surface area contributed by atoms with E-state index in [1.165, 1.54) is 0 Å². The molecule has 2 N–H and O–H groups in total. The van der Waals surface area contributed by atoms with Gasteiger partial charge in [-0.05, 0) is 40.0 Å². The summed E-state index contributed by atoms with van der Waals surface area (Å²) in [5, 5.41) is 12.4. The van der Waals surface area contributed by atoms with Crippen LogP contribution in [0.1, 0.15) is 40.0 Å². The van der Waals surface area contributed by atoms with Crippen molar-refractivity contribution in [2.45, 2.75) is 51.6 Å². The van der Waals surface area contributed by atoms with Gasteiger partial charge in [-0.2, -0.15) is 0 Å². The molecule has 0 saturated heterocycles. The Hall–Kier alpha value is -0.690. The number of methoxy groups -OCH3 is 1. The lowest BCUT2D eigenvalue weighted by atomic mass is 9.94. The molecule has 126 valence electrons. The molecule has 1 atom stereocenters. The van der Waals surface area contributed by atoms with Gasteiger partial charge in [-0.3, -0.25) is 10.1 Å². The van der Waals surface area contributed by atoms with Crippen LogP contribution in [0.5, 0.6) is 0 Å². The van der Waals surface area contributed by atoms with Crippen LogP contribution in [0.2, 0.25) is 0 Å². The van der Waals surface area contributed by atoms with Crippen LogP contribution < -0.4 is 5.32 Å². The maximum atomic E-state index is 11.3. The molecule has 0 saturated carbocycles. The zero-order valence-electron chi connectivity index (χ0n) is 13.8. The van der Waals surface area contributed by atoms with Crippen molar-refractivity contribution in [2.75, 3.05) is 40.1 Å². The molecule has 0 amide bonds. The zero-order valence-corrected chi connectivity index (χ0v) is 13.8. The van der Waals surface area contributed by atoms with Crippen molar-refractivity contribution in [3.63, 3.8) is 0 Å². The van der Waals surface area contributed by atoms with Crippen LogP contribution in [0.25, 0.3) is 0 Å². The number of aliphatic carboxylic acids is 1. The van der Waals surface area contributed by atoms with Gasteiger partial charge in [-0.1, -0.05) is 0 Å². The number of carboxylic acid groups (broad SMARTS) is 1. The van der Waals surface area contributed by atoms with Crippen LogP contribution in [0.15, 0.2) is 0 Å². The van der Waals surface area contributed by atoms with Crippen molar-refractivity contribution in [2.24, 2.45) is 0 Å². The maximum absolute atomic E-state index is 11.3. The average Bonchev–Trinajstić information content (AvgIpc) is 2.40. The predicted octanol–water partition coefficient (Wildman–Crippen LogP) is 1.68. The molecule has 0 aliphatic heterocycles. The van der Waals surface area contributed by atoms with Gasteiger partial charge >= 0.3 is 5.97 Å². The predicted molar refractivity (Wildman–Crippen MR) is 81.7 cm³/mol. The fraction of sp³-hybridized carbons (Fsp3) is 0.933. The fourth-order valence-corrected chi connectivity index (χ4v) is 2.02. The number of nitrogens with one attached hydrogen (secondary N) is 1. The Labute approximate surface area is 128 Å². The summed E-state index contributed by atoms with van der Waals surface area (Å²) in [6, 6.07) is 0.145. The molecule has 0 aromatic carbocycles. The molecule has 0 bridgehead atoms. The first kappa shape index (κ1) is 20.3. The highest BCUT2D eigenvalue weighted by Gasteiger charge is 2.32. The summed E-state index contributed by atoms with van der Waals surface area (Å²) in [6.07, 6.45) is 2.25. The third-order valence-electron chi connectivity index (χ3n) is 3.10. The minimum Gasteiger partial charge on any atom is -0.480 e. The number of hydrogen-bond acceptors (Lipinski definition) is 5. The molecule has 0 rings (SSSR count).